The van der Waals surface area contributed by atoms with Gasteiger partial charge in [-0.1, -0.05) is 0 Å². The van der Waals surface area contributed by atoms with Gasteiger partial charge in [0, 0.05) is 25.7 Å². The van der Waals surface area contributed by atoms with Gasteiger partial charge in [0.25, 0.3) is 10.2 Å². The van der Waals surface area contributed by atoms with Crippen LogP contribution in [-0.2, 0) is 10.2 Å². The molecule has 0 aromatic carbocycles. The Morgan fingerprint density at radius 3 is 2.53 bits per heavy atom. The third kappa shape index (κ3) is 4.37. The van der Waals surface area contributed by atoms with Crippen molar-refractivity contribution in [3.8, 4) is 0 Å². The van der Waals surface area contributed by atoms with Crippen LogP contribution in [0.15, 0.2) is 0 Å². The predicted octanol–water partition coefficient (Wildman–Crippen LogP) is 0.480. The standard InChI is InChI=1S/C10H21N3O2S.ClH/c14-16(15,13-8-1-2-9-13)12-7-5-10-4-3-6-11-10;/h10-12H,1-9H2;1H/t10-;/m1./s1. The van der Waals surface area contributed by atoms with Crippen LogP contribution in [0.4, 0.5) is 0 Å². The molecule has 0 bridgehead atoms. The van der Waals surface area contributed by atoms with E-state index in [0.717, 1.165) is 25.8 Å². The smallest absolute Gasteiger partial charge is 0.279 e. The van der Waals surface area contributed by atoms with Crippen LogP contribution in [0.25, 0.3) is 0 Å². The molecule has 2 aliphatic heterocycles. The summed E-state index contributed by atoms with van der Waals surface area (Å²) in [5, 5.41) is 3.36. The van der Waals surface area contributed by atoms with E-state index in [1.54, 1.807) is 4.31 Å². The Labute approximate surface area is 110 Å². The Morgan fingerprint density at radius 2 is 1.94 bits per heavy atom. The van der Waals surface area contributed by atoms with Gasteiger partial charge in [0.15, 0.2) is 0 Å². The van der Waals surface area contributed by atoms with E-state index in [1.807, 2.05) is 0 Å². The average molecular weight is 284 g/mol. The zero-order valence-electron chi connectivity index (χ0n) is 10.0. The molecule has 0 unspecified atom stereocenters. The van der Waals surface area contributed by atoms with E-state index >= 15 is 0 Å². The van der Waals surface area contributed by atoms with E-state index in [2.05, 4.69) is 10.0 Å². The molecular weight excluding hydrogens is 262 g/mol. The molecule has 2 rings (SSSR count). The van der Waals surface area contributed by atoms with Crippen molar-refractivity contribution < 1.29 is 8.42 Å². The van der Waals surface area contributed by atoms with E-state index in [9.17, 15) is 8.42 Å². The van der Waals surface area contributed by atoms with E-state index in [4.69, 9.17) is 0 Å². The van der Waals surface area contributed by atoms with Crippen molar-refractivity contribution in [3.63, 3.8) is 0 Å². The predicted molar refractivity (Wildman–Crippen MR) is 70.6 cm³/mol. The lowest BCUT2D eigenvalue weighted by molar-refractivity contribution is 0.459. The highest BCUT2D eigenvalue weighted by Crippen LogP contribution is 2.12. The normalized spacial score (nSPS) is 26.0. The maximum atomic E-state index is 11.8. The quantitative estimate of drug-likeness (QED) is 0.772. The minimum Gasteiger partial charge on any atom is -0.314 e. The molecule has 17 heavy (non-hydrogen) atoms. The Hall–Kier alpha value is 0.120. The first-order valence-electron chi connectivity index (χ1n) is 6.16. The lowest BCUT2D eigenvalue weighted by Gasteiger charge is -2.17. The number of nitrogens with one attached hydrogen (secondary N) is 2. The number of halogens is 1. The van der Waals surface area contributed by atoms with Gasteiger partial charge >= 0.3 is 0 Å². The monoisotopic (exact) mass is 283 g/mol. The molecule has 0 aromatic rings. The summed E-state index contributed by atoms with van der Waals surface area (Å²) < 4.78 is 27.8. The van der Waals surface area contributed by atoms with Crippen molar-refractivity contribution in [2.45, 2.75) is 38.1 Å². The SMILES string of the molecule is Cl.O=S(=O)(NCC[C@H]1CCCN1)N1CCCC1. The molecular formula is C10H22ClN3O2S. The third-order valence-electron chi connectivity index (χ3n) is 3.34. The molecule has 2 aliphatic rings. The maximum absolute atomic E-state index is 11.8. The molecule has 102 valence electrons. The fourth-order valence-electron chi connectivity index (χ4n) is 2.39. The number of rotatable bonds is 5. The molecule has 2 N–H and O–H groups in total. The van der Waals surface area contributed by atoms with E-state index in [0.29, 0.717) is 25.7 Å². The van der Waals surface area contributed by atoms with Crippen molar-refractivity contribution in [3.05, 3.63) is 0 Å². The lowest BCUT2D eigenvalue weighted by atomic mass is 10.2. The summed E-state index contributed by atoms with van der Waals surface area (Å²) in [6, 6.07) is 0.501. The van der Waals surface area contributed by atoms with E-state index in [-0.39, 0.29) is 12.4 Å². The Balaban J connectivity index is 0.00000144. The summed E-state index contributed by atoms with van der Waals surface area (Å²) in [7, 11) is -3.20. The van der Waals surface area contributed by atoms with Crippen LogP contribution < -0.4 is 10.0 Å². The van der Waals surface area contributed by atoms with Gasteiger partial charge in [-0.15, -0.1) is 12.4 Å². The van der Waals surface area contributed by atoms with Gasteiger partial charge in [-0.05, 0) is 38.6 Å². The highest BCUT2D eigenvalue weighted by atomic mass is 35.5. The summed E-state index contributed by atoms with van der Waals surface area (Å²) in [4.78, 5) is 0. The first-order valence-corrected chi connectivity index (χ1v) is 7.60. The zero-order valence-corrected chi connectivity index (χ0v) is 11.7. The second-order valence-electron chi connectivity index (χ2n) is 4.59. The molecule has 0 aromatic heterocycles. The molecule has 2 saturated heterocycles. The molecule has 2 fully saturated rings. The van der Waals surface area contributed by atoms with Gasteiger partial charge in [-0.3, -0.25) is 0 Å². The van der Waals surface area contributed by atoms with E-state index < -0.39 is 10.2 Å². The summed E-state index contributed by atoms with van der Waals surface area (Å²) >= 11 is 0. The first kappa shape index (κ1) is 15.2. The van der Waals surface area contributed by atoms with Gasteiger partial charge in [0.1, 0.15) is 0 Å². The zero-order chi connectivity index (χ0) is 11.4. The van der Waals surface area contributed by atoms with Crippen LogP contribution in [-0.4, -0.2) is 44.9 Å². The summed E-state index contributed by atoms with van der Waals surface area (Å²) in [6.45, 7) is 2.98. The summed E-state index contributed by atoms with van der Waals surface area (Å²) in [6.07, 6.45) is 5.26. The minimum absolute atomic E-state index is 0. The van der Waals surface area contributed by atoms with Gasteiger partial charge in [0.05, 0.1) is 0 Å². The molecule has 0 aliphatic carbocycles. The second-order valence-corrected chi connectivity index (χ2v) is 6.34. The van der Waals surface area contributed by atoms with E-state index in [1.165, 1.54) is 12.8 Å². The summed E-state index contributed by atoms with van der Waals surface area (Å²) in [5.74, 6) is 0. The van der Waals surface area contributed by atoms with Crippen LogP contribution in [0, 0.1) is 0 Å². The molecule has 0 spiro atoms. The highest BCUT2D eigenvalue weighted by Gasteiger charge is 2.24. The molecule has 0 amide bonds. The Morgan fingerprint density at radius 1 is 1.24 bits per heavy atom. The second kappa shape index (κ2) is 6.89. The maximum Gasteiger partial charge on any atom is 0.279 e. The third-order valence-corrected chi connectivity index (χ3v) is 4.96. The van der Waals surface area contributed by atoms with Gasteiger partial charge in [0.2, 0.25) is 0 Å². The molecule has 5 nitrogen and oxygen atoms in total. The fourth-order valence-corrected chi connectivity index (χ4v) is 3.68. The first-order chi connectivity index (χ1) is 7.68. The number of nitrogens with zero attached hydrogens (tertiary/aromatic N) is 1. The van der Waals surface area contributed by atoms with Crippen molar-refractivity contribution in [2.24, 2.45) is 0 Å². The van der Waals surface area contributed by atoms with Crippen LogP contribution in [0.2, 0.25) is 0 Å². The number of hydrogen-bond acceptors (Lipinski definition) is 3. The van der Waals surface area contributed by atoms with Gasteiger partial charge in [-0.25, -0.2) is 4.72 Å². The van der Waals surface area contributed by atoms with Crippen molar-refractivity contribution in [2.75, 3.05) is 26.2 Å². The van der Waals surface area contributed by atoms with Gasteiger partial charge < -0.3 is 5.32 Å². The Kier molecular flexibility index (Phi) is 6.16. The largest absolute Gasteiger partial charge is 0.314 e. The van der Waals surface area contributed by atoms with Crippen molar-refractivity contribution in [1.82, 2.24) is 14.3 Å². The number of hydrogen-bond donors (Lipinski definition) is 2. The lowest BCUT2D eigenvalue weighted by Crippen LogP contribution is -2.40. The van der Waals surface area contributed by atoms with Crippen molar-refractivity contribution >= 4 is 22.6 Å². The van der Waals surface area contributed by atoms with Gasteiger partial charge in [-0.2, -0.15) is 12.7 Å². The fraction of sp³-hybridized carbons (Fsp3) is 1.00. The average Bonchev–Trinajstić information content (AvgIpc) is 2.90. The summed E-state index contributed by atoms with van der Waals surface area (Å²) in [5.41, 5.74) is 0. The molecule has 0 radical (unpaired) electrons. The Bertz CT molecular complexity index is 312. The minimum atomic E-state index is -3.20. The van der Waals surface area contributed by atoms with Crippen LogP contribution in [0.1, 0.15) is 32.1 Å². The molecule has 0 saturated carbocycles. The molecule has 7 heteroatoms. The van der Waals surface area contributed by atoms with Crippen LogP contribution in [0.3, 0.4) is 0 Å². The van der Waals surface area contributed by atoms with Crippen LogP contribution >= 0.6 is 12.4 Å². The molecule has 2 heterocycles. The highest BCUT2D eigenvalue weighted by molar-refractivity contribution is 7.87. The van der Waals surface area contributed by atoms with Crippen LogP contribution in [0.5, 0.6) is 0 Å². The molecule has 1 atom stereocenters. The topological polar surface area (TPSA) is 61.4 Å². The van der Waals surface area contributed by atoms with Crippen molar-refractivity contribution in [1.29, 1.82) is 0 Å².